The molecule has 2 heterocycles. The predicted octanol–water partition coefficient (Wildman–Crippen LogP) is 6.46. The van der Waals surface area contributed by atoms with Gasteiger partial charge in [0.15, 0.2) is 16.3 Å². The van der Waals surface area contributed by atoms with E-state index in [1.807, 2.05) is 85.8 Å². The summed E-state index contributed by atoms with van der Waals surface area (Å²) >= 11 is 1.27. The molecule has 0 saturated carbocycles. The van der Waals surface area contributed by atoms with Crippen molar-refractivity contribution in [2.75, 3.05) is 12.4 Å². The fourth-order valence-electron chi connectivity index (χ4n) is 5.67. The zero-order chi connectivity index (χ0) is 33.8. The fraction of sp³-hybridized carbons (Fsp3) is 0.179. The van der Waals surface area contributed by atoms with Crippen LogP contribution in [0.4, 0.5) is 5.69 Å². The number of benzene rings is 4. The predicted molar refractivity (Wildman–Crippen MR) is 188 cm³/mol. The number of methoxy groups -OCH3 is 1. The number of fused-ring (bicyclic) bond motifs is 1. The highest BCUT2D eigenvalue weighted by atomic mass is 32.1. The van der Waals surface area contributed by atoms with E-state index in [4.69, 9.17) is 14.5 Å². The van der Waals surface area contributed by atoms with E-state index >= 15 is 0 Å². The molecule has 9 heteroatoms. The molecule has 0 bridgehead atoms. The summed E-state index contributed by atoms with van der Waals surface area (Å²) in [7, 11) is 1.55. The summed E-state index contributed by atoms with van der Waals surface area (Å²) < 4.78 is 13.7. The molecule has 6 rings (SSSR count). The van der Waals surface area contributed by atoms with Gasteiger partial charge in [-0.2, -0.15) is 5.26 Å². The molecular weight excluding hydrogens is 621 g/mol. The van der Waals surface area contributed by atoms with Crippen molar-refractivity contribution in [2.45, 2.75) is 39.3 Å². The Morgan fingerprint density at radius 2 is 1.75 bits per heavy atom. The lowest BCUT2D eigenvalue weighted by Gasteiger charge is -2.25. The lowest BCUT2D eigenvalue weighted by Crippen LogP contribution is -2.40. The van der Waals surface area contributed by atoms with E-state index in [0.717, 1.165) is 22.3 Å². The van der Waals surface area contributed by atoms with Crippen LogP contribution in [0.15, 0.2) is 118 Å². The molecule has 240 valence electrons. The molecule has 0 fully saturated rings. The number of anilines is 1. The van der Waals surface area contributed by atoms with Gasteiger partial charge in [-0.15, -0.1) is 0 Å². The van der Waals surface area contributed by atoms with Gasteiger partial charge < -0.3 is 14.8 Å². The minimum absolute atomic E-state index is 0.204. The van der Waals surface area contributed by atoms with Crippen molar-refractivity contribution in [1.29, 1.82) is 5.26 Å². The van der Waals surface area contributed by atoms with Gasteiger partial charge >= 0.3 is 0 Å². The number of para-hydroxylation sites is 1. The van der Waals surface area contributed by atoms with Crippen LogP contribution >= 0.6 is 11.3 Å². The quantitative estimate of drug-likeness (QED) is 0.197. The smallest absolute Gasteiger partial charge is 0.271 e. The van der Waals surface area contributed by atoms with Gasteiger partial charge in [0.05, 0.1) is 40.6 Å². The van der Waals surface area contributed by atoms with Crippen molar-refractivity contribution in [3.63, 3.8) is 0 Å². The van der Waals surface area contributed by atoms with E-state index in [1.165, 1.54) is 11.3 Å². The molecule has 8 nitrogen and oxygen atoms in total. The highest BCUT2D eigenvalue weighted by Crippen LogP contribution is 2.32. The Kier molecular flexibility index (Phi) is 9.37. The summed E-state index contributed by atoms with van der Waals surface area (Å²) in [5.74, 6) is 1.02. The van der Waals surface area contributed by atoms with Crippen LogP contribution in [0.1, 0.15) is 60.5 Å². The van der Waals surface area contributed by atoms with E-state index in [-0.39, 0.29) is 18.1 Å². The summed E-state index contributed by atoms with van der Waals surface area (Å²) in [6, 6.07) is 31.5. The van der Waals surface area contributed by atoms with Crippen LogP contribution in [0, 0.1) is 11.3 Å². The number of carbonyl (C=O) groups excluding carboxylic acids is 1. The summed E-state index contributed by atoms with van der Waals surface area (Å²) in [4.78, 5) is 33.3. The Bertz CT molecular complexity index is 2240. The molecule has 1 aromatic heterocycles. The Labute approximate surface area is 282 Å². The highest BCUT2D eigenvalue weighted by molar-refractivity contribution is 7.07. The monoisotopic (exact) mass is 654 g/mol. The lowest BCUT2D eigenvalue weighted by atomic mass is 9.93. The van der Waals surface area contributed by atoms with Gasteiger partial charge in [0.25, 0.3) is 11.5 Å². The van der Waals surface area contributed by atoms with Crippen molar-refractivity contribution in [3.05, 3.63) is 156 Å². The number of amides is 1. The summed E-state index contributed by atoms with van der Waals surface area (Å²) in [5.41, 5.74) is 5.41. The summed E-state index contributed by atoms with van der Waals surface area (Å²) in [6.07, 6.45) is 1.79. The number of allylic oxidation sites excluding steroid dienone is 1. The molecule has 1 aliphatic rings. The van der Waals surface area contributed by atoms with Crippen molar-refractivity contribution in [2.24, 2.45) is 4.99 Å². The van der Waals surface area contributed by atoms with Crippen LogP contribution < -0.4 is 29.7 Å². The third kappa shape index (κ3) is 6.57. The SMILES string of the molecule is COc1cc(/C=c2/sc3n(c2=O)[C@H](c2ccc(C(C)C)cc2)C(C(=O)Nc2ccccc2)=C(C)N=3)ccc1OCc1ccccc1C#N. The first-order valence-corrected chi connectivity index (χ1v) is 16.4. The first-order valence-electron chi connectivity index (χ1n) is 15.5. The maximum Gasteiger partial charge on any atom is 0.271 e. The molecule has 4 aromatic carbocycles. The number of carbonyl (C=O) groups is 1. The van der Waals surface area contributed by atoms with E-state index in [0.29, 0.717) is 49.3 Å². The van der Waals surface area contributed by atoms with Crippen LogP contribution in [0.3, 0.4) is 0 Å². The number of nitrogens with one attached hydrogen (secondary N) is 1. The third-order valence-electron chi connectivity index (χ3n) is 8.22. The van der Waals surface area contributed by atoms with Crippen LogP contribution in [-0.4, -0.2) is 17.6 Å². The molecule has 0 spiro atoms. The largest absolute Gasteiger partial charge is 0.493 e. The number of thiazole rings is 1. The van der Waals surface area contributed by atoms with Crippen molar-refractivity contribution in [1.82, 2.24) is 4.57 Å². The van der Waals surface area contributed by atoms with Crippen molar-refractivity contribution in [3.8, 4) is 17.6 Å². The summed E-state index contributed by atoms with van der Waals surface area (Å²) in [5, 5.41) is 12.4. The molecule has 1 amide bonds. The first kappa shape index (κ1) is 32.2. The second-order valence-corrected chi connectivity index (χ2v) is 12.7. The first-order chi connectivity index (χ1) is 23.3. The second-order valence-electron chi connectivity index (χ2n) is 11.7. The molecule has 0 unspecified atom stereocenters. The Balaban J connectivity index is 1.38. The van der Waals surface area contributed by atoms with Gasteiger partial charge in [0.2, 0.25) is 0 Å². The number of rotatable bonds is 9. The minimum atomic E-state index is -0.671. The Morgan fingerprint density at radius 3 is 2.46 bits per heavy atom. The van der Waals surface area contributed by atoms with Crippen LogP contribution in [0.5, 0.6) is 11.5 Å². The molecule has 0 aliphatic carbocycles. The topological polar surface area (TPSA) is 106 Å². The maximum atomic E-state index is 14.2. The minimum Gasteiger partial charge on any atom is -0.493 e. The van der Waals surface area contributed by atoms with Gasteiger partial charge in [-0.3, -0.25) is 14.2 Å². The zero-order valence-electron chi connectivity index (χ0n) is 27.1. The molecule has 48 heavy (non-hydrogen) atoms. The van der Waals surface area contributed by atoms with E-state index in [1.54, 1.807) is 36.0 Å². The fourth-order valence-corrected chi connectivity index (χ4v) is 6.71. The van der Waals surface area contributed by atoms with Crippen LogP contribution in [0.25, 0.3) is 6.08 Å². The number of hydrogen-bond donors (Lipinski definition) is 1. The Morgan fingerprint density at radius 1 is 1.02 bits per heavy atom. The number of ether oxygens (including phenoxy) is 2. The van der Waals surface area contributed by atoms with Gasteiger partial charge in [-0.25, -0.2) is 4.99 Å². The summed E-state index contributed by atoms with van der Waals surface area (Å²) in [6.45, 7) is 6.27. The molecule has 0 saturated heterocycles. The highest BCUT2D eigenvalue weighted by Gasteiger charge is 2.32. The van der Waals surface area contributed by atoms with Gasteiger partial charge in [-0.05, 0) is 65.9 Å². The molecule has 1 atom stereocenters. The average Bonchev–Trinajstić information content (AvgIpc) is 3.40. The number of nitriles is 1. The van der Waals surface area contributed by atoms with E-state index < -0.39 is 6.04 Å². The molecule has 1 N–H and O–H groups in total. The van der Waals surface area contributed by atoms with Crippen LogP contribution in [-0.2, 0) is 11.4 Å². The zero-order valence-corrected chi connectivity index (χ0v) is 27.9. The number of nitrogens with zero attached hydrogens (tertiary/aromatic N) is 3. The molecular formula is C39H34N4O4S. The Hall–Kier alpha value is -5.72. The van der Waals surface area contributed by atoms with Crippen molar-refractivity contribution >= 4 is 29.0 Å². The number of aromatic nitrogens is 1. The molecule has 1 aliphatic heterocycles. The molecule has 0 radical (unpaired) electrons. The van der Waals surface area contributed by atoms with Crippen molar-refractivity contribution < 1.29 is 14.3 Å². The van der Waals surface area contributed by atoms with E-state index in [9.17, 15) is 14.9 Å². The second kappa shape index (κ2) is 14.0. The average molecular weight is 655 g/mol. The third-order valence-corrected chi connectivity index (χ3v) is 9.21. The van der Waals surface area contributed by atoms with Gasteiger partial charge in [-0.1, -0.05) is 91.9 Å². The van der Waals surface area contributed by atoms with Crippen LogP contribution in [0.2, 0.25) is 0 Å². The lowest BCUT2D eigenvalue weighted by molar-refractivity contribution is -0.113. The maximum absolute atomic E-state index is 14.2. The number of hydrogen-bond acceptors (Lipinski definition) is 7. The van der Waals surface area contributed by atoms with Gasteiger partial charge in [0, 0.05) is 11.3 Å². The standard InChI is InChI=1S/C39H34N4O4S/c1-24(2)27-15-17-28(18-16-27)36-35(37(44)42-31-12-6-5-7-13-31)25(3)41-39-43(36)38(45)34(48-39)21-26-14-19-32(33(20-26)46-4)47-23-30-11-9-8-10-29(30)22-40/h5-21,24,36H,23H2,1-4H3,(H,42,44)/b34-21+/t36-/m1/s1. The van der Waals surface area contributed by atoms with E-state index in [2.05, 4.69) is 25.2 Å². The molecule has 5 aromatic rings. The van der Waals surface area contributed by atoms with Gasteiger partial charge in [0.1, 0.15) is 6.61 Å². The normalized spacial score (nSPS) is 14.2.